The Morgan fingerprint density at radius 2 is 1.92 bits per heavy atom. The van der Waals surface area contributed by atoms with Gasteiger partial charge in [0.15, 0.2) is 5.82 Å². The van der Waals surface area contributed by atoms with Crippen LogP contribution in [0, 0.1) is 0 Å². The van der Waals surface area contributed by atoms with E-state index in [0.29, 0.717) is 12.0 Å². The Kier molecular flexibility index (Phi) is 3.13. The number of pyridine rings is 1. The van der Waals surface area contributed by atoms with Crippen LogP contribution in [0.3, 0.4) is 0 Å². The van der Waals surface area contributed by atoms with Gasteiger partial charge in [0.2, 0.25) is 0 Å². The molecule has 1 N–H and O–H groups in total. The zero-order valence-corrected chi connectivity index (χ0v) is 12.4. The summed E-state index contributed by atoms with van der Waals surface area (Å²) in [5.74, 6) is -0.0679. The van der Waals surface area contributed by atoms with Crippen LogP contribution in [0.2, 0.25) is 0 Å². The van der Waals surface area contributed by atoms with Gasteiger partial charge in [0.25, 0.3) is 5.56 Å². The van der Waals surface area contributed by atoms with Crippen LogP contribution in [0.1, 0.15) is 16.8 Å². The molecule has 0 amide bonds. The molecule has 4 nitrogen and oxygen atoms in total. The molecule has 0 fully saturated rings. The highest BCUT2D eigenvalue weighted by Crippen LogP contribution is 2.32. The summed E-state index contributed by atoms with van der Waals surface area (Å²) in [5, 5.41) is 2.91. The lowest BCUT2D eigenvalue weighted by Gasteiger charge is -2.13. The second-order valence-electron chi connectivity index (χ2n) is 5.66. The third kappa shape index (κ3) is 2.24. The number of benzene rings is 1. The molecule has 0 aliphatic heterocycles. The normalized spacial score (nSPS) is 13.5. The van der Waals surface area contributed by atoms with Crippen LogP contribution in [0.5, 0.6) is 0 Å². The number of rotatable bonds is 1. The Morgan fingerprint density at radius 1 is 1.12 bits per heavy atom. The molecule has 0 saturated heterocycles. The first-order chi connectivity index (χ1) is 11.4. The lowest BCUT2D eigenvalue weighted by atomic mass is 9.90. The van der Waals surface area contributed by atoms with Gasteiger partial charge >= 0.3 is 6.18 Å². The van der Waals surface area contributed by atoms with Gasteiger partial charge in [-0.2, -0.15) is 13.2 Å². The predicted molar refractivity (Wildman–Crippen MR) is 82.0 cm³/mol. The van der Waals surface area contributed by atoms with Crippen molar-refractivity contribution >= 4 is 0 Å². The minimum absolute atomic E-state index is 0.0679. The van der Waals surface area contributed by atoms with Crippen LogP contribution in [0.4, 0.5) is 13.2 Å². The van der Waals surface area contributed by atoms with Crippen molar-refractivity contribution in [2.45, 2.75) is 19.0 Å². The number of alkyl halides is 3. The largest absolute Gasteiger partial charge is 0.416 e. The van der Waals surface area contributed by atoms with Crippen molar-refractivity contribution in [2.24, 2.45) is 0 Å². The minimum Gasteiger partial charge on any atom is -0.293 e. The van der Waals surface area contributed by atoms with Gasteiger partial charge in [-0.1, -0.05) is 24.3 Å². The number of H-pyrrole nitrogens is 1. The predicted octanol–water partition coefficient (Wildman–Crippen LogP) is 3.35. The average Bonchev–Trinajstić information content (AvgIpc) is 2.92. The van der Waals surface area contributed by atoms with E-state index in [1.807, 2.05) is 24.3 Å². The number of halogens is 3. The Balaban J connectivity index is 1.89. The second kappa shape index (κ2) is 5.09. The van der Waals surface area contributed by atoms with E-state index in [4.69, 9.17) is 0 Å². The van der Waals surface area contributed by atoms with E-state index >= 15 is 0 Å². The summed E-state index contributed by atoms with van der Waals surface area (Å²) in [6.07, 6.45) is -2.02. The minimum atomic E-state index is -4.49. The average molecular weight is 331 g/mol. The SMILES string of the molecule is O=c1c2c([nH]n1-c1cc(C(F)(F)F)ccn1)CCc1ccccc1-2. The lowest BCUT2D eigenvalue weighted by Crippen LogP contribution is -2.18. The molecule has 3 aromatic rings. The topological polar surface area (TPSA) is 50.7 Å². The van der Waals surface area contributed by atoms with Crippen molar-refractivity contribution in [2.75, 3.05) is 0 Å². The summed E-state index contributed by atoms with van der Waals surface area (Å²) < 4.78 is 39.7. The van der Waals surface area contributed by atoms with Gasteiger partial charge in [0.1, 0.15) is 0 Å². The van der Waals surface area contributed by atoms with Gasteiger partial charge in [0, 0.05) is 11.9 Å². The van der Waals surface area contributed by atoms with Crippen molar-refractivity contribution in [3.05, 3.63) is 69.8 Å². The van der Waals surface area contributed by atoms with Crippen LogP contribution in [-0.2, 0) is 19.0 Å². The molecule has 7 heteroatoms. The molecule has 4 rings (SSSR count). The zero-order valence-electron chi connectivity index (χ0n) is 12.4. The van der Waals surface area contributed by atoms with Crippen molar-refractivity contribution in [3.8, 4) is 16.9 Å². The van der Waals surface area contributed by atoms with Crippen molar-refractivity contribution < 1.29 is 13.2 Å². The first-order valence-electron chi connectivity index (χ1n) is 7.41. The maximum absolute atomic E-state index is 12.9. The molecule has 0 spiro atoms. The Labute approximate surface area is 134 Å². The zero-order chi connectivity index (χ0) is 16.9. The van der Waals surface area contributed by atoms with E-state index in [9.17, 15) is 18.0 Å². The Bertz CT molecular complexity index is 985. The molecule has 2 aromatic heterocycles. The van der Waals surface area contributed by atoms with Crippen molar-refractivity contribution in [3.63, 3.8) is 0 Å². The Morgan fingerprint density at radius 3 is 2.71 bits per heavy atom. The van der Waals surface area contributed by atoms with Crippen LogP contribution in [0.25, 0.3) is 16.9 Å². The number of hydrogen-bond donors (Lipinski definition) is 1. The number of aromatic amines is 1. The first kappa shape index (κ1) is 14.7. The molecule has 1 aliphatic carbocycles. The van der Waals surface area contributed by atoms with Gasteiger partial charge in [-0.05, 0) is 36.1 Å². The van der Waals surface area contributed by atoms with E-state index in [2.05, 4.69) is 10.1 Å². The maximum Gasteiger partial charge on any atom is 0.416 e. The number of nitrogens with one attached hydrogen (secondary N) is 1. The molecule has 0 bridgehead atoms. The smallest absolute Gasteiger partial charge is 0.293 e. The third-order valence-electron chi connectivity index (χ3n) is 4.20. The van der Waals surface area contributed by atoms with Crippen molar-refractivity contribution in [1.29, 1.82) is 0 Å². The number of fused-ring (bicyclic) bond motifs is 3. The highest BCUT2D eigenvalue weighted by Gasteiger charge is 2.31. The quantitative estimate of drug-likeness (QED) is 0.743. The maximum atomic E-state index is 12.9. The third-order valence-corrected chi connectivity index (χ3v) is 4.20. The monoisotopic (exact) mass is 331 g/mol. The van der Waals surface area contributed by atoms with Crippen LogP contribution in [-0.4, -0.2) is 14.8 Å². The molecule has 0 atom stereocenters. The molecule has 0 radical (unpaired) electrons. The van der Waals surface area contributed by atoms with Crippen LogP contribution < -0.4 is 5.56 Å². The van der Waals surface area contributed by atoms with E-state index in [1.54, 1.807) is 0 Å². The highest BCUT2D eigenvalue weighted by molar-refractivity contribution is 5.71. The standard InChI is InChI=1S/C17H12F3N3O/c18-17(19,20)11-7-8-21-14(9-11)23-16(24)15-12-4-2-1-3-10(12)5-6-13(15)22-23/h1-4,7-9,22H,5-6H2. The molecule has 1 aliphatic rings. The number of aromatic nitrogens is 3. The van der Waals surface area contributed by atoms with Gasteiger partial charge in [-0.15, -0.1) is 0 Å². The molecule has 122 valence electrons. The first-order valence-corrected chi connectivity index (χ1v) is 7.41. The van der Waals surface area contributed by atoms with Crippen LogP contribution in [0.15, 0.2) is 47.4 Å². The summed E-state index contributed by atoms with van der Waals surface area (Å²) in [6, 6.07) is 9.31. The fourth-order valence-electron chi connectivity index (χ4n) is 3.06. The summed E-state index contributed by atoms with van der Waals surface area (Å²) >= 11 is 0. The summed E-state index contributed by atoms with van der Waals surface area (Å²) in [6.45, 7) is 0. The molecule has 0 unspecified atom stereocenters. The Hall–Kier alpha value is -2.83. The molecular weight excluding hydrogens is 319 g/mol. The fourth-order valence-corrected chi connectivity index (χ4v) is 3.06. The van der Waals surface area contributed by atoms with Gasteiger partial charge in [0.05, 0.1) is 11.1 Å². The molecule has 1 aromatic carbocycles. The van der Waals surface area contributed by atoms with Crippen molar-refractivity contribution in [1.82, 2.24) is 14.8 Å². The molecule has 0 saturated carbocycles. The van der Waals surface area contributed by atoms with Gasteiger partial charge in [-0.25, -0.2) is 9.67 Å². The summed E-state index contributed by atoms with van der Waals surface area (Å²) in [5.41, 5.74) is 1.89. The second-order valence-corrected chi connectivity index (χ2v) is 5.66. The highest BCUT2D eigenvalue weighted by atomic mass is 19.4. The molecule has 24 heavy (non-hydrogen) atoms. The van der Waals surface area contributed by atoms with E-state index in [1.165, 1.54) is 0 Å². The number of hydrogen-bond acceptors (Lipinski definition) is 2. The number of aryl methyl sites for hydroxylation is 2. The fraction of sp³-hybridized carbons (Fsp3) is 0.176. The van der Waals surface area contributed by atoms with E-state index in [0.717, 1.165) is 46.3 Å². The van der Waals surface area contributed by atoms with Gasteiger partial charge in [-0.3, -0.25) is 9.89 Å². The molecular formula is C17H12F3N3O. The summed E-state index contributed by atoms with van der Waals surface area (Å²) in [7, 11) is 0. The lowest BCUT2D eigenvalue weighted by molar-refractivity contribution is -0.137. The van der Waals surface area contributed by atoms with E-state index in [-0.39, 0.29) is 11.4 Å². The van der Waals surface area contributed by atoms with Crippen LogP contribution >= 0.6 is 0 Å². The van der Waals surface area contributed by atoms with E-state index < -0.39 is 11.7 Å². The summed E-state index contributed by atoms with van der Waals surface area (Å²) in [4.78, 5) is 16.7. The molecule has 2 heterocycles. The number of nitrogens with zero attached hydrogens (tertiary/aromatic N) is 2. The van der Waals surface area contributed by atoms with Gasteiger partial charge < -0.3 is 0 Å².